The van der Waals surface area contributed by atoms with Crippen LogP contribution in [0.3, 0.4) is 0 Å². The summed E-state index contributed by atoms with van der Waals surface area (Å²) in [5.41, 5.74) is 24.3. The topological polar surface area (TPSA) is 76.0 Å². The Balaban J connectivity index is 1.08. The molecule has 6 heterocycles. The van der Waals surface area contributed by atoms with E-state index in [4.69, 9.17) is 13.1 Å². The Kier molecular flexibility index (Phi) is 10.1. The Labute approximate surface area is 522 Å². The molecule has 0 saturated carbocycles. The molecule has 0 aliphatic carbocycles. The van der Waals surface area contributed by atoms with Gasteiger partial charge in [0, 0.05) is 76.6 Å². The van der Waals surface area contributed by atoms with Crippen molar-refractivity contribution in [2.75, 3.05) is 0 Å². The number of fused-ring (bicyclic) bond motifs is 20. The second kappa shape index (κ2) is 18.1. The van der Waals surface area contributed by atoms with Gasteiger partial charge in [-0.25, -0.2) is 9.69 Å². The van der Waals surface area contributed by atoms with Gasteiger partial charge in [0.2, 0.25) is 6.71 Å². The van der Waals surface area contributed by atoms with E-state index in [0.717, 1.165) is 115 Å². The van der Waals surface area contributed by atoms with E-state index in [1.165, 1.54) is 60.4 Å². The van der Waals surface area contributed by atoms with Crippen molar-refractivity contribution < 1.29 is 0 Å². The Morgan fingerprint density at radius 2 is 0.714 bits per heavy atom. The molecule has 0 unspecified atom stereocenters. The van der Waals surface area contributed by atoms with Crippen LogP contribution in [0.5, 0.6) is 0 Å². The molecule has 2 aliphatic rings. The standard InChI is InChI=1S/C82H47BN8/c1-82(2,3)48-38-61-77-73-63(42-71-75(77)57-16-8-12-20-69(57)88(71)51-30-22-46(44-84)23-31-51)80-59(55-14-6-10-18-67(55)90(80)53-32-24-47(45-85)25-33-53)40-65(73)83-66-41-60-56-15-7-11-19-68(56)91(54-36-28-50(87-5)29-37-54)81(60)64-43-72-76(78(74(64)66)62(39-48)79(61)83)58-17-9-13-21-70(58)89(72)52-34-26-49(86-4)27-35-52/h6-43H,1-3H3. The monoisotopic (exact) mass is 1150 g/mol. The van der Waals surface area contributed by atoms with Crippen molar-refractivity contribution in [2.24, 2.45) is 0 Å². The molecule has 9 heteroatoms. The summed E-state index contributed by atoms with van der Waals surface area (Å²) in [5.74, 6) is 0. The molecule has 4 aromatic heterocycles. The second-order valence-corrected chi connectivity index (χ2v) is 25.5. The van der Waals surface area contributed by atoms with Crippen LogP contribution in [0.2, 0.25) is 0 Å². The molecule has 91 heavy (non-hydrogen) atoms. The van der Waals surface area contributed by atoms with Crippen molar-refractivity contribution >= 4 is 143 Å². The van der Waals surface area contributed by atoms with Crippen molar-refractivity contribution in [3.63, 3.8) is 0 Å². The maximum absolute atomic E-state index is 10.1. The minimum atomic E-state index is -0.309. The van der Waals surface area contributed by atoms with Gasteiger partial charge in [-0.05, 0) is 153 Å². The zero-order chi connectivity index (χ0) is 60.9. The van der Waals surface area contributed by atoms with Crippen LogP contribution in [0.4, 0.5) is 11.4 Å². The summed E-state index contributed by atoms with van der Waals surface area (Å²) in [6, 6.07) is 87.2. The molecule has 418 valence electrons. The van der Waals surface area contributed by atoms with Gasteiger partial charge in [0.15, 0.2) is 11.4 Å². The highest BCUT2D eigenvalue weighted by Crippen LogP contribution is 2.53. The predicted octanol–water partition coefficient (Wildman–Crippen LogP) is 19.0. The van der Waals surface area contributed by atoms with Crippen molar-refractivity contribution in [1.29, 1.82) is 10.5 Å². The van der Waals surface area contributed by atoms with E-state index in [9.17, 15) is 10.5 Å². The Hall–Kier alpha value is -12.4. The molecule has 2 aliphatic heterocycles. The summed E-state index contributed by atoms with van der Waals surface area (Å²) in [6.07, 6.45) is 0. The van der Waals surface area contributed by atoms with Crippen LogP contribution in [0, 0.1) is 35.8 Å². The lowest BCUT2D eigenvalue weighted by molar-refractivity contribution is 0.591. The molecule has 17 aromatic rings. The average Bonchev–Trinajstić information content (AvgIpc) is 1.65. The SMILES string of the molecule is [C-]#[N+]c1ccc(-n2c3ccccc3c3c4c5c(cc6c7ccccc7n(-c7ccc([N+]#[C-])cc7)c6c5cc32)B2c3c(cc(C(C)(C)C)cc3-4)-c3c4c2cc2c5ccccc5n(-c5ccc(C#N)cc5)c2c4cc2c3c3ccccc3n2-c2ccc(C#N)cc2)cc1. The molecular weight excluding hydrogens is 1110 g/mol. The van der Waals surface area contributed by atoms with Crippen molar-refractivity contribution in [3.05, 3.63) is 270 Å². The Morgan fingerprint density at radius 3 is 1.09 bits per heavy atom. The number of benzene rings is 13. The first-order chi connectivity index (χ1) is 44.6. The average molecular weight is 1160 g/mol. The van der Waals surface area contributed by atoms with Crippen molar-refractivity contribution in [3.8, 4) is 57.1 Å². The van der Waals surface area contributed by atoms with Crippen LogP contribution in [-0.4, -0.2) is 25.0 Å². The zero-order valence-corrected chi connectivity index (χ0v) is 49.6. The third kappa shape index (κ3) is 6.68. The van der Waals surface area contributed by atoms with Gasteiger partial charge < -0.3 is 18.3 Å². The summed E-state index contributed by atoms with van der Waals surface area (Å²) < 4.78 is 9.66. The normalized spacial score (nSPS) is 12.5. The first-order valence-electron chi connectivity index (χ1n) is 30.7. The minimum absolute atomic E-state index is 0.258. The highest BCUT2D eigenvalue weighted by molar-refractivity contribution is 7.02. The van der Waals surface area contributed by atoms with Crippen molar-refractivity contribution in [1.82, 2.24) is 18.3 Å². The largest absolute Gasteiger partial charge is 0.309 e. The van der Waals surface area contributed by atoms with Gasteiger partial charge in [-0.3, -0.25) is 0 Å². The fourth-order valence-corrected chi connectivity index (χ4v) is 16.1. The number of aromatic nitrogens is 4. The Morgan fingerprint density at radius 1 is 0.363 bits per heavy atom. The molecule has 0 saturated heterocycles. The first-order valence-corrected chi connectivity index (χ1v) is 30.7. The van der Waals surface area contributed by atoms with E-state index in [0.29, 0.717) is 22.5 Å². The van der Waals surface area contributed by atoms with Gasteiger partial charge in [-0.2, -0.15) is 10.5 Å². The van der Waals surface area contributed by atoms with E-state index in [-0.39, 0.29) is 12.1 Å². The van der Waals surface area contributed by atoms with Gasteiger partial charge in [-0.15, -0.1) is 0 Å². The second-order valence-electron chi connectivity index (χ2n) is 25.5. The molecule has 0 fully saturated rings. The molecule has 0 amide bonds. The summed E-state index contributed by atoms with van der Waals surface area (Å²) in [4.78, 5) is 7.66. The molecular formula is C82H47BN8. The maximum Gasteiger partial charge on any atom is 0.244 e. The number of nitriles is 2. The van der Waals surface area contributed by atoms with Crippen LogP contribution in [0.25, 0.3) is 163 Å². The third-order valence-electron chi connectivity index (χ3n) is 19.9. The van der Waals surface area contributed by atoms with Gasteiger partial charge in [0.05, 0.1) is 80.5 Å². The van der Waals surface area contributed by atoms with E-state index < -0.39 is 0 Å². The van der Waals surface area contributed by atoms with E-state index in [1.807, 2.05) is 48.5 Å². The molecule has 0 bridgehead atoms. The van der Waals surface area contributed by atoms with Crippen LogP contribution < -0.4 is 16.4 Å². The van der Waals surface area contributed by atoms with E-state index >= 15 is 0 Å². The predicted molar refractivity (Wildman–Crippen MR) is 375 cm³/mol. The molecule has 0 radical (unpaired) electrons. The summed E-state index contributed by atoms with van der Waals surface area (Å²) >= 11 is 0. The van der Waals surface area contributed by atoms with Gasteiger partial charge in [0.25, 0.3) is 0 Å². The molecule has 0 atom stereocenters. The Bertz CT molecular complexity index is 6000. The third-order valence-corrected chi connectivity index (χ3v) is 19.9. The van der Waals surface area contributed by atoms with Crippen LogP contribution in [0.1, 0.15) is 37.5 Å². The lowest BCUT2D eigenvalue weighted by Gasteiger charge is -2.37. The number of rotatable bonds is 4. The van der Waals surface area contributed by atoms with Gasteiger partial charge in [-0.1, -0.05) is 158 Å². The maximum atomic E-state index is 10.1. The fraction of sp³-hybridized carbons (Fsp3) is 0.0488. The lowest BCUT2D eigenvalue weighted by Crippen LogP contribution is -2.57. The number of hydrogen-bond donors (Lipinski definition) is 0. The van der Waals surface area contributed by atoms with Crippen LogP contribution in [-0.2, 0) is 5.41 Å². The minimum Gasteiger partial charge on any atom is -0.309 e. The quantitative estimate of drug-likeness (QED) is 0.130. The molecule has 13 aromatic carbocycles. The summed E-state index contributed by atoms with van der Waals surface area (Å²) in [7, 11) is 0. The van der Waals surface area contributed by atoms with Crippen LogP contribution in [0.15, 0.2) is 231 Å². The molecule has 8 nitrogen and oxygen atoms in total. The fourth-order valence-electron chi connectivity index (χ4n) is 16.1. The smallest absolute Gasteiger partial charge is 0.244 e. The molecule has 0 spiro atoms. The van der Waals surface area contributed by atoms with E-state index in [1.54, 1.807) is 0 Å². The van der Waals surface area contributed by atoms with Gasteiger partial charge >= 0.3 is 0 Å². The number of hydrogen-bond acceptors (Lipinski definition) is 2. The highest BCUT2D eigenvalue weighted by atomic mass is 15.0. The summed E-state index contributed by atoms with van der Waals surface area (Å²) in [6.45, 7) is 22.7. The number of para-hydroxylation sites is 4. The van der Waals surface area contributed by atoms with Gasteiger partial charge in [0.1, 0.15) is 0 Å². The lowest BCUT2D eigenvalue weighted by atomic mass is 9.30. The first kappa shape index (κ1) is 50.7. The summed E-state index contributed by atoms with van der Waals surface area (Å²) in [5, 5.41) is 34.1. The van der Waals surface area contributed by atoms with E-state index in [2.05, 4.69) is 243 Å². The van der Waals surface area contributed by atoms with Crippen molar-refractivity contribution in [2.45, 2.75) is 26.2 Å². The zero-order valence-electron chi connectivity index (χ0n) is 49.6. The van der Waals surface area contributed by atoms with Crippen LogP contribution >= 0.6 is 0 Å². The molecule has 19 rings (SSSR count). The number of nitrogens with zero attached hydrogens (tertiary/aromatic N) is 8. The molecule has 0 N–H and O–H groups in total. The highest BCUT2D eigenvalue weighted by Gasteiger charge is 2.44.